The van der Waals surface area contributed by atoms with Gasteiger partial charge >= 0.3 is 0 Å². The maximum Gasteiger partial charge on any atom is 0.245 e. The van der Waals surface area contributed by atoms with Crippen LogP contribution in [0, 0.1) is 0 Å². The third-order valence-electron chi connectivity index (χ3n) is 1.59. The summed E-state index contributed by atoms with van der Waals surface area (Å²) in [6.45, 7) is 1.77. The van der Waals surface area contributed by atoms with E-state index >= 15 is 0 Å². The standard InChI is InChI=1S/C9H20N2O2S/c1-14-7-3-2-5-11-9(12)8-13-6-4-10/h2-8,10H2,1H3,(H,11,12). The van der Waals surface area contributed by atoms with Gasteiger partial charge in [0.05, 0.1) is 6.61 Å². The van der Waals surface area contributed by atoms with Gasteiger partial charge in [-0.25, -0.2) is 0 Å². The van der Waals surface area contributed by atoms with Gasteiger partial charge in [-0.3, -0.25) is 4.79 Å². The van der Waals surface area contributed by atoms with Gasteiger partial charge in [-0.1, -0.05) is 0 Å². The van der Waals surface area contributed by atoms with E-state index in [4.69, 9.17) is 10.5 Å². The van der Waals surface area contributed by atoms with Crippen molar-refractivity contribution in [3.63, 3.8) is 0 Å². The highest BCUT2D eigenvalue weighted by Gasteiger charge is 1.98. The molecule has 3 N–H and O–H groups in total. The van der Waals surface area contributed by atoms with Crippen LogP contribution >= 0.6 is 11.8 Å². The summed E-state index contributed by atoms with van der Waals surface area (Å²) in [5.74, 6) is 1.10. The van der Waals surface area contributed by atoms with E-state index in [2.05, 4.69) is 11.6 Å². The summed E-state index contributed by atoms with van der Waals surface area (Å²) >= 11 is 1.83. The van der Waals surface area contributed by atoms with Gasteiger partial charge in [-0.2, -0.15) is 11.8 Å². The Morgan fingerprint density at radius 1 is 1.50 bits per heavy atom. The first-order valence-corrected chi connectivity index (χ1v) is 6.24. The van der Waals surface area contributed by atoms with Crippen molar-refractivity contribution in [3.05, 3.63) is 0 Å². The van der Waals surface area contributed by atoms with Gasteiger partial charge in [0.25, 0.3) is 0 Å². The molecule has 0 aromatic rings. The minimum atomic E-state index is -0.0531. The first kappa shape index (κ1) is 13.7. The van der Waals surface area contributed by atoms with E-state index in [0.717, 1.165) is 25.1 Å². The largest absolute Gasteiger partial charge is 0.370 e. The van der Waals surface area contributed by atoms with Gasteiger partial charge in [0.1, 0.15) is 6.61 Å². The minimum absolute atomic E-state index is 0.0531. The number of hydrogen-bond donors (Lipinski definition) is 2. The van der Waals surface area contributed by atoms with Crippen molar-refractivity contribution in [1.82, 2.24) is 5.32 Å². The smallest absolute Gasteiger partial charge is 0.245 e. The molecule has 0 rings (SSSR count). The van der Waals surface area contributed by atoms with Gasteiger partial charge in [0.2, 0.25) is 5.91 Å². The van der Waals surface area contributed by atoms with Crippen molar-refractivity contribution in [1.29, 1.82) is 0 Å². The molecule has 0 saturated heterocycles. The molecule has 0 atom stereocenters. The summed E-state index contributed by atoms with van der Waals surface area (Å²) in [6, 6.07) is 0. The van der Waals surface area contributed by atoms with E-state index in [1.54, 1.807) is 0 Å². The number of nitrogens with two attached hydrogens (primary N) is 1. The molecule has 4 nitrogen and oxygen atoms in total. The van der Waals surface area contributed by atoms with E-state index in [0.29, 0.717) is 13.2 Å². The lowest BCUT2D eigenvalue weighted by Crippen LogP contribution is -2.29. The maximum atomic E-state index is 11.1. The van der Waals surface area contributed by atoms with Gasteiger partial charge in [0.15, 0.2) is 0 Å². The Balaban J connectivity index is 3.10. The third-order valence-corrected chi connectivity index (χ3v) is 2.29. The Labute approximate surface area is 89.9 Å². The molecule has 0 aliphatic rings. The first-order valence-electron chi connectivity index (χ1n) is 4.84. The number of amides is 1. The molecule has 0 heterocycles. The highest BCUT2D eigenvalue weighted by molar-refractivity contribution is 7.98. The Kier molecular flexibility index (Phi) is 10.6. The minimum Gasteiger partial charge on any atom is -0.370 e. The zero-order valence-corrected chi connectivity index (χ0v) is 9.57. The predicted molar refractivity (Wildman–Crippen MR) is 60.5 cm³/mol. The second kappa shape index (κ2) is 10.8. The van der Waals surface area contributed by atoms with Gasteiger partial charge < -0.3 is 15.8 Å². The number of hydrogen-bond acceptors (Lipinski definition) is 4. The van der Waals surface area contributed by atoms with Crippen LogP contribution in [0.25, 0.3) is 0 Å². The number of unbranched alkanes of at least 4 members (excludes halogenated alkanes) is 1. The van der Waals surface area contributed by atoms with Crippen LogP contribution in [0.15, 0.2) is 0 Å². The van der Waals surface area contributed by atoms with Crippen LogP contribution in [0.4, 0.5) is 0 Å². The van der Waals surface area contributed by atoms with Crippen molar-refractivity contribution in [3.8, 4) is 0 Å². The number of ether oxygens (including phenoxy) is 1. The lowest BCUT2D eigenvalue weighted by molar-refractivity contribution is -0.125. The van der Waals surface area contributed by atoms with Crippen LogP contribution in [-0.4, -0.2) is 44.2 Å². The lowest BCUT2D eigenvalue weighted by Gasteiger charge is -2.04. The molecule has 1 amide bonds. The summed E-state index contributed by atoms with van der Waals surface area (Å²) in [6.07, 6.45) is 4.26. The van der Waals surface area contributed by atoms with Crippen LogP contribution in [0.5, 0.6) is 0 Å². The molecule has 84 valence electrons. The Bertz CT molecular complexity index is 145. The molecule has 5 heteroatoms. The molecule has 0 fully saturated rings. The molecule has 0 saturated carbocycles. The highest BCUT2D eigenvalue weighted by atomic mass is 32.2. The first-order chi connectivity index (χ1) is 6.81. The second-order valence-electron chi connectivity index (χ2n) is 2.89. The highest BCUT2D eigenvalue weighted by Crippen LogP contribution is 1.97. The van der Waals surface area contributed by atoms with Crippen molar-refractivity contribution < 1.29 is 9.53 Å². The number of thioether (sulfide) groups is 1. The summed E-state index contributed by atoms with van der Waals surface area (Å²) in [4.78, 5) is 11.1. The Hall–Kier alpha value is -0.260. The zero-order valence-electron chi connectivity index (χ0n) is 8.75. The van der Waals surface area contributed by atoms with E-state index in [1.807, 2.05) is 11.8 Å². The van der Waals surface area contributed by atoms with Crippen molar-refractivity contribution in [2.24, 2.45) is 5.73 Å². The van der Waals surface area contributed by atoms with Crippen LogP contribution in [-0.2, 0) is 9.53 Å². The van der Waals surface area contributed by atoms with Crippen molar-refractivity contribution in [2.75, 3.05) is 38.3 Å². The second-order valence-corrected chi connectivity index (χ2v) is 3.88. The molecular weight excluding hydrogens is 200 g/mol. The third kappa shape index (κ3) is 9.83. The van der Waals surface area contributed by atoms with E-state index in [1.165, 1.54) is 0 Å². The maximum absolute atomic E-state index is 11.1. The van der Waals surface area contributed by atoms with E-state index in [-0.39, 0.29) is 12.5 Å². The average molecular weight is 220 g/mol. The van der Waals surface area contributed by atoms with Crippen LogP contribution in [0.3, 0.4) is 0 Å². The number of carbonyl (C=O) groups is 1. The van der Waals surface area contributed by atoms with Gasteiger partial charge in [-0.05, 0) is 24.9 Å². The number of nitrogens with one attached hydrogen (secondary N) is 1. The average Bonchev–Trinajstić information content (AvgIpc) is 2.18. The lowest BCUT2D eigenvalue weighted by atomic mass is 10.3. The molecule has 0 aliphatic heterocycles. The summed E-state index contributed by atoms with van der Waals surface area (Å²) in [5, 5.41) is 2.79. The van der Waals surface area contributed by atoms with Crippen molar-refractivity contribution >= 4 is 17.7 Å². The summed E-state index contributed by atoms with van der Waals surface area (Å²) in [7, 11) is 0. The molecule has 0 unspecified atom stereocenters. The molecule has 0 bridgehead atoms. The topological polar surface area (TPSA) is 64.3 Å². The quantitative estimate of drug-likeness (QED) is 0.546. The predicted octanol–water partition coefficient (Wildman–Crippen LogP) is 0.221. The van der Waals surface area contributed by atoms with Crippen LogP contribution in [0.2, 0.25) is 0 Å². The molecule has 0 aromatic heterocycles. The number of carbonyl (C=O) groups excluding carboxylic acids is 1. The SMILES string of the molecule is CSCCCCNC(=O)COCCN. The zero-order chi connectivity index (χ0) is 10.6. The molecule has 14 heavy (non-hydrogen) atoms. The summed E-state index contributed by atoms with van der Waals surface area (Å²) in [5.41, 5.74) is 5.21. The fourth-order valence-corrected chi connectivity index (χ4v) is 1.39. The molecular formula is C9H20N2O2S. The molecule has 0 aromatic carbocycles. The van der Waals surface area contributed by atoms with Crippen molar-refractivity contribution in [2.45, 2.75) is 12.8 Å². The van der Waals surface area contributed by atoms with E-state index in [9.17, 15) is 4.79 Å². The van der Waals surface area contributed by atoms with Gasteiger partial charge in [0, 0.05) is 13.1 Å². The summed E-state index contributed by atoms with van der Waals surface area (Å²) < 4.78 is 4.98. The molecule has 0 aliphatic carbocycles. The molecule has 0 spiro atoms. The fourth-order valence-electron chi connectivity index (χ4n) is 0.898. The monoisotopic (exact) mass is 220 g/mol. The Morgan fingerprint density at radius 2 is 2.29 bits per heavy atom. The number of rotatable bonds is 9. The normalized spacial score (nSPS) is 10.1. The van der Waals surface area contributed by atoms with Gasteiger partial charge in [-0.15, -0.1) is 0 Å². The Morgan fingerprint density at radius 3 is 2.93 bits per heavy atom. The fraction of sp³-hybridized carbons (Fsp3) is 0.889. The van der Waals surface area contributed by atoms with Crippen LogP contribution < -0.4 is 11.1 Å². The molecule has 0 radical (unpaired) electrons. The van der Waals surface area contributed by atoms with Crippen LogP contribution in [0.1, 0.15) is 12.8 Å². The van der Waals surface area contributed by atoms with E-state index < -0.39 is 0 Å².